The first-order valence-corrected chi connectivity index (χ1v) is 6.24. The fraction of sp³-hybridized carbons (Fsp3) is 0.500. The first kappa shape index (κ1) is 13.8. The average molecular weight is 266 g/mol. The van der Waals surface area contributed by atoms with Crippen molar-refractivity contribution in [1.29, 1.82) is 0 Å². The Labute approximate surface area is 112 Å². The lowest BCUT2D eigenvalue weighted by atomic mass is 10.1. The molecule has 0 bridgehead atoms. The number of carboxylic acids is 1. The van der Waals surface area contributed by atoms with Gasteiger partial charge in [-0.1, -0.05) is 12.1 Å². The van der Waals surface area contributed by atoms with Crippen LogP contribution in [0.1, 0.15) is 17.9 Å². The van der Waals surface area contributed by atoms with Crippen molar-refractivity contribution in [2.75, 3.05) is 27.1 Å². The van der Waals surface area contributed by atoms with E-state index in [4.69, 9.17) is 19.3 Å². The maximum absolute atomic E-state index is 10.8. The first-order valence-electron chi connectivity index (χ1n) is 6.24. The number of aliphatic carboxylic acids is 1. The molecule has 1 aliphatic rings. The van der Waals surface area contributed by atoms with E-state index in [1.54, 1.807) is 7.11 Å². The van der Waals surface area contributed by atoms with Crippen molar-refractivity contribution in [3.8, 4) is 5.75 Å². The topological polar surface area (TPSA) is 65.0 Å². The summed E-state index contributed by atoms with van der Waals surface area (Å²) in [5.41, 5.74) is 1.06. The van der Waals surface area contributed by atoms with Gasteiger partial charge in [0, 0.05) is 7.11 Å². The lowest BCUT2D eigenvalue weighted by Crippen LogP contribution is -2.07. The second-order valence-corrected chi connectivity index (χ2v) is 4.52. The van der Waals surface area contributed by atoms with Crippen molar-refractivity contribution >= 4 is 5.97 Å². The molecule has 2 atom stereocenters. The van der Waals surface area contributed by atoms with Gasteiger partial charge in [-0.15, -0.1) is 0 Å². The number of benzene rings is 1. The van der Waals surface area contributed by atoms with E-state index in [9.17, 15) is 4.79 Å². The van der Waals surface area contributed by atoms with Crippen molar-refractivity contribution in [3.05, 3.63) is 29.8 Å². The highest BCUT2D eigenvalue weighted by Crippen LogP contribution is 2.47. The maximum Gasteiger partial charge on any atom is 0.307 e. The smallest absolute Gasteiger partial charge is 0.307 e. The number of carbonyl (C=O) groups is 1. The van der Waals surface area contributed by atoms with Gasteiger partial charge in [0.2, 0.25) is 0 Å². The molecule has 5 heteroatoms. The number of rotatable bonds is 8. The molecule has 1 aromatic carbocycles. The molecule has 19 heavy (non-hydrogen) atoms. The van der Waals surface area contributed by atoms with Crippen LogP contribution in [0.25, 0.3) is 0 Å². The maximum atomic E-state index is 10.8. The van der Waals surface area contributed by atoms with Crippen LogP contribution in [0, 0.1) is 5.92 Å². The Morgan fingerprint density at radius 3 is 2.63 bits per heavy atom. The zero-order valence-electron chi connectivity index (χ0n) is 10.9. The number of ether oxygens (including phenoxy) is 3. The van der Waals surface area contributed by atoms with Gasteiger partial charge >= 0.3 is 5.97 Å². The lowest BCUT2D eigenvalue weighted by Gasteiger charge is -2.07. The van der Waals surface area contributed by atoms with Crippen LogP contribution in [-0.4, -0.2) is 38.2 Å². The van der Waals surface area contributed by atoms with Gasteiger partial charge in [-0.25, -0.2) is 0 Å². The fourth-order valence-electron chi connectivity index (χ4n) is 1.96. The number of hydrogen-bond acceptors (Lipinski definition) is 4. The molecular formula is C14H18O5. The highest BCUT2D eigenvalue weighted by atomic mass is 16.7. The minimum Gasteiger partial charge on any atom is -0.481 e. The summed E-state index contributed by atoms with van der Waals surface area (Å²) in [6.45, 7) is 1.22. The molecule has 1 aromatic rings. The second-order valence-electron chi connectivity index (χ2n) is 4.52. The molecule has 0 saturated heterocycles. The first-order chi connectivity index (χ1) is 9.22. The number of carboxylic acid groups (broad SMARTS) is 1. The van der Waals surface area contributed by atoms with E-state index < -0.39 is 5.97 Å². The van der Waals surface area contributed by atoms with E-state index in [1.807, 2.05) is 24.3 Å². The standard InChI is InChI=1S/C14H18O5/c1-17-6-7-18-9-19-11-4-2-10(3-5-11)12-8-13(12)14(15)16/h2-5,12-13H,6-9H2,1H3,(H,15,16)/t12-,13+/m0/s1. The molecule has 1 aliphatic carbocycles. The normalized spacial score (nSPS) is 21.1. The van der Waals surface area contributed by atoms with Gasteiger partial charge in [0.1, 0.15) is 5.75 Å². The van der Waals surface area contributed by atoms with Gasteiger partial charge in [-0.3, -0.25) is 4.79 Å². The summed E-state index contributed by atoms with van der Waals surface area (Å²) in [5, 5.41) is 8.88. The molecule has 0 heterocycles. The highest BCUT2D eigenvalue weighted by Gasteiger charge is 2.43. The van der Waals surface area contributed by atoms with Gasteiger partial charge < -0.3 is 19.3 Å². The second kappa shape index (κ2) is 6.54. The number of methoxy groups -OCH3 is 1. The summed E-state index contributed by atoms with van der Waals surface area (Å²) < 4.78 is 15.4. The van der Waals surface area contributed by atoms with Gasteiger partial charge in [0.15, 0.2) is 6.79 Å². The van der Waals surface area contributed by atoms with Crippen LogP contribution in [0.3, 0.4) is 0 Å². The van der Waals surface area contributed by atoms with Crippen LogP contribution in [0.2, 0.25) is 0 Å². The molecule has 1 N–H and O–H groups in total. The quantitative estimate of drug-likeness (QED) is 0.575. The van der Waals surface area contributed by atoms with Crippen molar-refractivity contribution in [2.45, 2.75) is 12.3 Å². The molecule has 1 fully saturated rings. The molecule has 0 spiro atoms. The molecule has 5 nitrogen and oxygen atoms in total. The largest absolute Gasteiger partial charge is 0.481 e. The van der Waals surface area contributed by atoms with Crippen LogP contribution in [-0.2, 0) is 14.3 Å². The van der Waals surface area contributed by atoms with Crippen molar-refractivity contribution in [3.63, 3.8) is 0 Å². The summed E-state index contributed by atoms with van der Waals surface area (Å²) in [7, 11) is 1.62. The SMILES string of the molecule is COCCOCOc1ccc([C@@H]2C[C@H]2C(=O)O)cc1. The Hall–Kier alpha value is -1.59. The lowest BCUT2D eigenvalue weighted by molar-refractivity contribution is -0.138. The summed E-state index contributed by atoms with van der Waals surface area (Å²) in [4.78, 5) is 10.8. The highest BCUT2D eigenvalue weighted by molar-refractivity contribution is 5.75. The Bertz CT molecular complexity index is 414. The van der Waals surface area contributed by atoms with Crippen LogP contribution in [0.15, 0.2) is 24.3 Å². The molecule has 0 aliphatic heterocycles. The van der Waals surface area contributed by atoms with Crippen molar-refractivity contribution in [1.82, 2.24) is 0 Å². The molecule has 0 aromatic heterocycles. The Kier molecular flexibility index (Phi) is 4.76. The molecule has 0 unspecified atom stereocenters. The van der Waals surface area contributed by atoms with Gasteiger partial charge in [0.25, 0.3) is 0 Å². The van der Waals surface area contributed by atoms with E-state index in [0.29, 0.717) is 19.0 Å². The van der Waals surface area contributed by atoms with E-state index in [-0.39, 0.29) is 18.6 Å². The Morgan fingerprint density at radius 1 is 1.32 bits per heavy atom. The van der Waals surface area contributed by atoms with Crippen molar-refractivity contribution in [2.24, 2.45) is 5.92 Å². The monoisotopic (exact) mass is 266 g/mol. The summed E-state index contributed by atoms with van der Waals surface area (Å²) in [6.07, 6.45) is 0.732. The van der Waals surface area contributed by atoms with Crippen LogP contribution in [0.5, 0.6) is 5.75 Å². The van der Waals surface area contributed by atoms with Crippen LogP contribution in [0.4, 0.5) is 0 Å². The van der Waals surface area contributed by atoms with E-state index in [1.165, 1.54) is 0 Å². The molecule has 104 valence electrons. The van der Waals surface area contributed by atoms with Crippen molar-refractivity contribution < 1.29 is 24.1 Å². The van der Waals surface area contributed by atoms with Crippen LogP contribution >= 0.6 is 0 Å². The van der Waals surface area contributed by atoms with Gasteiger partial charge in [-0.05, 0) is 30.0 Å². The van der Waals surface area contributed by atoms with E-state index in [0.717, 1.165) is 12.0 Å². The Balaban J connectivity index is 1.75. The van der Waals surface area contributed by atoms with E-state index in [2.05, 4.69) is 0 Å². The predicted octanol–water partition coefficient (Wildman–Crippen LogP) is 1.87. The zero-order chi connectivity index (χ0) is 13.7. The van der Waals surface area contributed by atoms with Gasteiger partial charge in [0.05, 0.1) is 19.1 Å². The van der Waals surface area contributed by atoms with E-state index >= 15 is 0 Å². The average Bonchev–Trinajstić information content (AvgIpc) is 3.20. The summed E-state index contributed by atoms with van der Waals surface area (Å²) in [5.74, 6) is -0.0563. The predicted molar refractivity (Wildman–Crippen MR) is 68.2 cm³/mol. The van der Waals surface area contributed by atoms with Gasteiger partial charge in [-0.2, -0.15) is 0 Å². The third kappa shape index (κ3) is 3.94. The summed E-state index contributed by atoms with van der Waals surface area (Å²) in [6, 6.07) is 7.51. The molecule has 1 saturated carbocycles. The third-order valence-electron chi connectivity index (χ3n) is 3.16. The number of hydrogen-bond donors (Lipinski definition) is 1. The minimum absolute atomic E-state index is 0.157. The fourth-order valence-corrected chi connectivity index (χ4v) is 1.96. The summed E-state index contributed by atoms with van der Waals surface area (Å²) >= 11 is 0. The Morgan fingerprint density at radius 2 is 2.05 bits per heavy atom. The molecule has 0 amide bonds. The van der Waals surface area contributed by atoms with Crippen LogP contribution < -0.4 is 4.74 Å². The molecular weight excluding hydrogens is 248 g/mol. The minimum atomic E-state index is -0.711. The third-order valence-corrected chi connectivity index (χ3v) is 3.16. The zero-order valence-corrected chi connectivity index (χ0v) is 10.9. The molecule has 0 radical (unpaired) electrons. The molecule has 2 rings (SSSR count).